The van der Waals surface area contributed by atoms with Gasteiger partial charge in [-0.25, -0.2) is 0 Å². The summed E-state index contributed by atoms with van der Waals surface area (Å²) in [4.78, 5) is 11.0. The summed E-state index contributed by atoms with van der Waals surface area (Å²) in [5.74, 6) is 1.11. The van der Waals surface area contributed by atoms with Crippen LogP contribution in [0.5, 0.6) is 11.5 Å². The van der Waals surface area contributed by atoms with E-state index in [-0.39, 0.29) is 5.37 Å². The SMILES string of the molecule is CCOc1cc([C@H]2NC[C@H](C(=O)O)S2)ccc1OCC(C)C. The number of rotatable bonds is 7. The van der Waals surface area contributed by atoms with Crippen LogP contribution in [0.3, 0.4) is 0 Å². The molecule has 2 atom stereocenters. The number of hydrogen-bond donors (Lipinski definition) is 2. The van der Waals surface area contributed by atoms with Crippen molar-refractivity contribution < 1.29 is 19.4 Å². The van der Waals surface area contributed by atoms with Crippen LogP contribution in [0, 0.1) is 5.92 Å². The largest absolute Gasteiger partial charge is 0.490 e. The molecule has 0 aliphatic carbocycles. The molecule has 2 N–H and O–H groups in total. The van der Waals surface area contributed by atoms with Gasteiger partial charge in [-0.2, -0.15) is 0 Å². The smallest absolute Gasteiger partial charge is 0.318 e. The number of thioether (sulfide) groups is 1. The molecule has 0 saturated carbocycles. The van der Waals surface area contributed by atoms with E-state index in [0.29, 0.717) is 31.4 Å². The van der Waals surface area contributed by atoms with Gasteiger partial charge >= 0.3 is 5.97 Å². The van der Waals surface area contributed by atoms with Crippen LogP contribution in [0.2, 0.25) is 0 Å². The Hall–Kier alpha value is -1.40. The maximum atomic E-state index is 11.0. The van der Waals surface area contributed by atoms with E-state index in [1.165, 1.54) is 11.8 Å². The minimum atomic E-state index is -0.776. The zero-order chi connectivity index (χ0) is 16.1. The summed E-state index contributed by atoms with van der Waals surface area (Å²) in [6.45, 7) is 7.79. The number of aliphatic carboxylic acids is 1. The summed E-state index contributed by atoms with van der Waals surface area (Å²) in [5.41, 5.74) is 1.01. The van der Waals surface area contributed by atoms with Gasteiger partial charge in [0.15, 0.2) is 11.5 Å². The average Bonchev–Trinajstić information content (AvgIpc) is 2.96. The normalized spacial score (nSPS) is 21.1. The van der Waals surface area contributed by atoms with Gasteiger partial charge in [-0.15, -0.1) is 11.8 Å². The second-order valence-corrected chi connectivity index (χ2v) is 6.91. The number of nitrogens with one attached hydrogen (secondary N) is 1. The molecule has 2 rings (SSSR count). The minimum absolute atomic E-state index is 0.0283. The Kier molecular flexibility index (Phi) is 5.97. The Morgan fingerprint density at radius 2 is 2.18 bits per heavy atom. The van der Waals surface area contributed by atoms with Crippen LogP contribution in [0.25, 0.3) is 0 Å². The molecule has 1 aromatic rings. The van der Waals surface area contributed by atoms with Crippen molar-refractivity contribution in [3.05, 3.63) is 23.8 Å². The van der Waals surface area contributed by atoms with E-state index in [1.54, 1.807) is 0 Å². The van der Waals surface area contributed by atoms with E-state index in [1.807, 2.05) is 25.1 Å². The van der Waals surface area contributed by atoms with Crippen LogP contribution < -0.4 is 14.8 Å². The maximum Gasteiger partial charge on any atom is 0.318 e. The highest BCUT2D eigenvalue weighted by Crippen LogP contribution is 2.39. The molecule has 1 saturated heterocycles. The molecule has 0 bridgehead atoms. The zero-order valence-electron chi connectivity index (χ0n) is 13.2. The van der Waals surface area contributed by atoms with Gasteiger partial charge in [0.25, 0.3) is 0 Å². The number of carboxylic acids is 1. The van der Waals surface area contributed by atoms with Crippen LogP contribution in [0.15, 0.2) is 18.2 Å². The van der Waals surface area contributed by atoms with Gasteiger partial charge in [0.1, 0.15) is 5.25 Å². The van der Waals surface area contributed by atoms with Crippen molar-refractivity contribution in [1.82, 2.24) is 5.32 Å². The monoisotopic (exact) mass is 325 g/mol. The molecule has 1 aliphatic heterocycles. The van der Waals surface area contributed by atoms with Crippen molar-refractivity contribution in [3.63, 3.8) is 0 Å². The van der Waals surface area contributed by atoms with Crippen molar-refractivity contribution in [1.29, 1.82) is 0 Å². The predicted molar refractivity (Wildman–Crippen MR) is 87.7 cm³/mol. The van der Waals surface area contributed by atoms with Crippen molar-refractivity contribution >= 4 is 17.7 Å². The van der Waals surface area contributed by atoms with Gasteiger partial charge in [-0.3, -0.25) is 10.1 Å². The third kappa shape index (κ3) is 4.30. The Bertz CT molecular complexity index is 521. The van der Waals surface area contributed by atoms with E-state index < -0.39 is 11.2 Å². The molecule has 6 heteroatoms. The third-order valence-electron chi connectivity index (χ3n) is 3.21. The Morgan fingerprint density at radius 1 is 1.41 bits per heavy atom. The highest BCUT2D eigenvalue weighted by atomic mass is 32.2. The van der Waals surface area contributed by atoms with Crippen LogP contribution in [0.1, 0.15) is 31.7 Å². The first kappa shape index (κ1) is 17.0. The molecule has 1 heterocycles. The van der Waals surface area contributed by atoms with E-state index in [4.69, 9.17) is 14.6 Å². The summed E-state index contributed by atoms with van der Waals surface area (Å²) < 4.78 is 11.4. The molecular weight excluding hydrogens is 302 g/mol. The molecule has 0 radical (unpaired) electrons. The van der Waals surface area contributed by atoms with Crippen LogP contribution in [-0.2, 0) is 4.79 Å². The fourth-order valence-corrected chi connectivity index (χ4v) is 3.28. The number of carbonyl (C=O) groups is 1. The molecule has 1 fully saturated rings. The lowest BCUT2D eigenvalue weighted by Crippen LogP contribution is -2.21. The molecule has 0 amide bonds. The van der Waals surface area contributed by atoms with Crippen molar-refractivity contribution in [2.75, 3.05) is 19.8 Å². The highest BCUT2D eigenvalue weighted by molar-refractivity contribution is 8.01. The lowest BCUT2D eigenvalue weighted by Gasteiger charge is -2.17. The summed E-state index contributed by atoms with van der Waals surface area (Å²) in [6.07, 6.45) is 0. The molecule has 1 aromatic carbocycles. The molecule has 122 valence electrons. The average molecular weight is 325 g/mol. The topological polar surface area (TPSA) is 67.8 Å². The molecule has 0 unspecified atom stereocenters. The molecule has 5 nitrogen and oxygen atoms in total. The summed E-state index contributed by atoms with van der Waals surface area (Å²) in [7, 11) is 0. The van der Waals surface area contributed by atoms with Crippen molar-refractivity contribution in [3.8, 4) is 11.5 Å². The van der Waals surface area contributed by atoms with Gasteiger partial charge in [0.05, 0.1) is 18.6 Å². The summed E-state index contributed by atoms with van der Waals surface area (Å²) in [5, 5.41) is 11.9. The number of ether oxygens (including phenoxy) is 2. The van der Waals surface area contributed by atoms with Gasteiger partial charge in [-0.1, -0.05) is 19.9 Å². The zero-order valence-corrected chi connectivity index (χ0v) is 14.0. The number of carboxylic acid groups (broad SMARTS) is 1. The fraction of sp³-hybridized carbons (Fsp3) is 0.562. The first-order chi connectivity index (χ1) is 10.5. The summed E-state index contributed by atoms with van der Waals surface area (Å²) in [6, 6.07) is 5.81. The minimum Gasteiger partial charge on any atom is -0.490 e. The third-order valence-corrected chi connectivity index (χ3v) is 4.61. The second kappa shape index (κ2) is 7.74. The lowest BCUT2D eigenvalue weighted by molar-refractivity contribution is -0.136. The Labute approximate surface area is 135 Å². The van der Waals surface area contributed by atoms with Crippen LogP contribution >= 0.6 is 11.8 Å². The quantitative estimate of drug-likeness (QED) is 0.803. The second-order valence-electron chi connectivity index (χ2n) is 5.60. The molecule has 22 heavy (non-hydrogen) atoms. The fourth-order valence-electron chi connectivity index (χ4n) is 2.15. The predicted octanol–water partition coefficient (Wildman–Crippen LogP) is 2.91. The lowest BCUT2D eigenvalue weighted by atomic mass is 10.2. The van der Waals surface area contributed by atoms with Crippen molar-refractivity contribution in [2.45, 2.75) is 31.4 Å². The molecule has 0 spiro atoms. The molecule has 0 aromatic heterocycles. The first-order valence-electron chi connectivity index (χ1n) is 7.52. The van der Waals surface area contributed by atoms with E-state index in [9.17, 15) is 4.79 Å². The van der Waals surface area contributed by atoms with E-state index in [2.05, 4.69) is 19.2 Å². The number of benzene rings is 1. The first-order valence-corrected chi connectivity index (χ1v) is 8.46. The van der Waals surface area contributed by atoms with Gasteiger partial charge in [0.2, 0.25) is 0 Å². The number of hydrogen-bond acceptors (Lipinski definition) is 5. The van der Waals surface area contributed by atoms with E-state index >= 15 is 0 Å². The molecular formula is C16H23NO4S. The highest BCUT2D eigenvalue weighted by Gasteiger charge is 2.31. The maximum absolute atomic E-state index is 11.0. The van der Waals surface area contributed by atoms with Crippen LogP contribution in [0.4, 0.5) is 0 Å². The standard InChI is InChI=1S/C16H23NO4S/c1-4-20-13-7-11(5-6-12(13)21-9-10(2)3)15-17-8-14(22-15)16(18)19/h5-7,10,14-15,17H,4,8-9H2,1-3H3,(H,18,19)/t14-,15+/m1/s1. The van der Waals surface area contributed by atoms with Gasteiger partial charge in [0, 0.05) is 6.54 Å². The van der Waals surface area contributed by atoms with Gasteiger partial charge < -0.3 is 14.6 Å². The van der Waals surface area contributed by atoms with Crippen LogP contribution in [-0.4, -0.2) is 36.1 Å². The van der Waals surface area contributed by atoms with Crippen molar-refractivity contribution in [2.24, 2.45) is 5.92 Å². The molecule has 1 aliphatic rings. The van der Waals surface area contributed by atoms with Gasteiger partial charge in [-0.05, 0) is 30.5 Å². The Morgan fingerprint density at radius 3 is 2.77 bits per heavy atom. The van der Waals surface area contributed by atoms with E-state index in [0.717, 1.165) is 11.3 Å². The summed E-state index contributed by atoms with van der Waals surface area (Å²) >= 11 is 1.42. The Balaban J connectivity index is 2.13.